The van der Waals surface area contributed by atoms with Gasteiger partial charge in [0.05, 0.1) is 12.0 Å². The van der Waals surface area contributed by atoms with Crippen LogP contribution >= 0.6 is 0 Å². The van der Waals surface area contributed by atoms with Crippen molar-refractivity contribution in [2.24, 2.45) is 23.7 Å². The van der Waals surface area contributed by atoms with E-state index in [1.165, 1.54) is 32.1 Å². The summed E-state index contributed by atoms with van der Waals surface area (Å²) in [6.45, 7) is 1.60. The van der Waals surface area contributed by atoms with Crippen LogP contribution in [0.1, 0.15) is 45.4 Å². The first-order valence-electron chi connectivity index (χ1n) is 6.47. The first-order valence-corrected chi connectivity index (χ1v) is 6.47. The summed E-state index contributed by atoms with van der Waals surface area (Å²) in [5.74, 6) is 0.765. The van der Waals surface area contributed by atoms with Crippen molar-refractivity contribution in [3.8, 4) is 0 Å². The summed E-state index contributed by atoms with van der Waals surface area (Å²) < 4.78 is 0. The van der Waals surface area contributed by atoms with Gasteiger partial charge in [-0.2, -0.15) is 0 Å². The Morgan fingerprint density at radius 2 is 1.81 bits per heavy atom. The second-order valence-electron chi connectivity index (χ2n) is 5.81. The zero-order valence-electron chi connectivity index (χ0n) is 9.93. The summed E-state index contributed by atoms with van der Waals surface area (Å²) >= 11 is 0. The minimum Gasteiger partial charge on any atom is -0.481 e. The number of hydrogen-bond donors (Lipinski definition) is 2. The monoisotopic (exact) mass is 226 g/mol. The Hall–Kier alpha value is -0.570. The van der Waals surface area contributed by atoms with Crippen LogP contribution in [0, 0.1) is 23.7 Å². The first-order chi connectivity index (χ1) is 7.56. The number of rotatable bonds is 4. The van der Waals surface area contributed by atoms with Gasteiger partial charge in [0, 0.05) is 0 Å². The van der Waals surface area contributed by atoms with E-state index in [0.717, 1.165) is 11.8 Å². The molecule has 2 fully saturated rings. The zero-order valence-corrected chi connectivity index (χ0v) is 9.93. The fourth-order valence-electron chi connectivity index (χ4n) is 3.55. The van der Waals surface area contributed by atoms with E-state index in [0.29, 0.717) is 12.3 Å². The van der Waals surface area contributed by atoms with Crippen LogP contribution in [0.2, 0.25) is 0 Å². The highest BCUT2D eigenvalue weighted by molar-refractivity contribution is 5.70. The smallest absolute Gasteiger partial charge is 0.308 e. The van der Waals surface area contributed by atoms with Crippen LogP contribution in [0.3, 0.4) is 0 Å². The van der Waals surface area contributed by atoms with Gasteiger partial charge in [0.2, 0.25) is 0 Å². The van der Waals surface area contributed by atoms with E-state index in [-0.39, 0.29) is 0 Å². The Balaban J connectivity index is 1.83. The highest BCUT2D eigenvalue weighted by atomic mass is 16.4. The molecule has 2 saturated carbocycles. The molecule has 16 heavy (non-hydrogen) atoms. The molecule has 3 heteroatoms. The van der Waals surface area contributed by atoms with Gasteiger partial charge in [-0.1, -0.05) is 12.8 Å². The second kappa shape index (κ2) is 4.74. The van der Waals surface area contributed by atoms with E-state index in [4.69, 9.17) is 5.11 Å². The quantitative estimate of drug-likeness (QED) is 0.773. The summed E-state index contributed by atoms with van der Waals surface area (Å²) in [7, 11) is 0. The molecule has 2 bridgehead atoms. The summed E-state index contributed by atoms with van der Waals surface area (Å²) in [4.78, 5) is 10.8. The SMILES string of the molecule is C[C@@H](C(=O)O)[C@H](O)C[C@H]1C[C@@H]2CC[C@@H](C2)C1. The molecule has 0 aromatic rings. The fourth-order valence-corrected chi connectivity index (χ4v) is 3.55. The van der Waals surface area contributed by atoms with E-state index in [9.17, 15) is 9.90 Å². The molecule has 2 N–H and O–H groups in total. The van der Waals surface area contributed by atoms with Crippen LogP contribution in [-0.4, -0.2) is 22.3 Å². The second-order valence-corrected chi connectivity index (χ2v) is 5.81. The lowest BCUT2D eigenvalue weighted by molar-refractivity contribution is -0.145. The van der Waals surface area contributed by atoms with Crippen molar-refractivity contribution in [1.82, 2.24) is 0 Å². The molecule has 0 aliphatic heterocycles. The molecule has 0 aromatic carbocycles. The van der Waals surface area contributed by atoms with Crippen molar-refractivity contribution in [2.45, 2.75) is 51.6 Å². The van der Waals surface area contributed by atoms with Gasteiger partial charge in [0.1, 0.15) is 0 Å². The predicted molar refractivity (Wildman–Crippen MR) is 61.0 cm³/mol. The van der Waals surface area contributed by atoms with Crippen molar-refractivity contribution in [1.29, 1.82) is 0 Å². The van der Waals surface area contributed by atoms with Gasteiger partial charge < -0.3 is 10.2 Å². The number of carboxylic acids is 1. The van der Waals surface area contributed by atoms with Gasteiger partial charge in [-0.05, 0) is 50.4 Å². The van der Waals surface area contributed by atoms with Gasteiger partial charge in [-0.15, -0.1) is 0 Å². The molecule has 0 saturated heterocycles. The summed E-state index contributed by atoms with van der Waals surface area (Å²) in [6, 6.07) is 0. The van der Waals surface area contributed by atoms with E-state index >= 15 is 0 Å². The predicted octanol–water partition coefficient (Wildman–Crippen LogP) is 2.28. The molecule has 5 atom stereocenters. The Bertz CT molecular complexity index is 252. The molecule has 0 unspecified atom stereocenters. The lowest BCUT2D eigenvalue weighted by atomic mass is 9.77. The third-order valence-electron chi connectivity index (χ3n) is 4.52. The average molecular weight is 226 g/mol. The maximum atomic E-state index is 10.8. The molecule has 0 spiro atoms. The highest BCUT2D eigenvalue weighted by Crippen LogP contribution is 2.46. The maximum absolute atomic E-state index is 10.8. The molecule has 0 radical (unpaired) electrons. The minimum atomic E-state index is -0.883. The van der Waals surface area contributed by atoms with Crippen molar-refractivity contribution in [2.75, 3.05) is 0 Å². The topological polar surface area (TPSA) is 57.5 Å². The third-order valence-corrected chi connectivity index (χ3v) is 4.52. The minimum absolute atomic E-state index is 0.558. The Kier molecular flexibility index (Phi) is 3.53. The Labute approximate surface area is 96.9 Å². The number of hydrogen-bond acceptors (Lipinski definition) is 2. The zero-order chi connectivity index (χ0) is 11.7. The number of aliphatic hydroxyl groups is 1. The molecule has 2 aliphatic rings. The molecule has 92 valence electrons. The van der Waals surface area contributed by atoms with Crippen LogP contribution in [0.4, 0.5) is 0 Å². The van der Waals surface area contributed by atoms with Crippen molar-refractivity contribution >= 4 is 5.97 Å². The van der Waals surface area contributed by atoms with Crippen molar-refractivity contribution < 1.29 is 15.0 Å². The largest absolute Gasteiger partial charge is 0.481 e. The van der Waals surface area contributed by atoms with Crippen LogP contribution < -0.4 is 0 Å². The van der Waals surface area contributed by atoms with Gasteiger partial charge in [-0.25, -0.2) is 0 Å². The van der Waals surface area contributed by atoms with Crippen molar-refractivity contribution in [3.05, 3.63) is 0 Å². The van der Waals surface area contributed by atoms with E-state index in [1.807, 2.05) is 0 Å². The number of fused-ring (bicyclic) bond motifs is 2. The van der Waals surface area contributed by atoms with Gasteiger partial charge in [0.25, 0.3) is 0 Å². The normalized spacial score (nSPS) is 37.0. The molecule has 0 aromatic heterocycles. The maximum Gasteiger partial charge on any atom is 0.308 e. The summed E-state index contributed by atoms with van der Waals surface area (Å²) in [6.07, 6.45) is 6.51. The molecule has 2 rings (SSSR count). The van der Waals surface area contributed by atoms with Crippen LogP contribution in [0.15, 0.2) is 0 Å². The molecular formula is C13H22O3. The van der Waals surface area contributed by atoms with E-state index < -0.39 is 18.0 Å². The Morgan fingerprint density at radius 3 is 2.31 bits per heavy atom. The van der Waals surface area contributed by atoms with E-state index in [2.05, 4.69) is 0 Å². The number of aliphatic hydroxyl groups excluding tert-OH is 1. The van der Waals surface area contributed by atoms with Gasteiger partial charge in [0.15, 0.2) is 0 Å². The van der Waals surface area contributed by atoms with E-state index in [1.54, 1.807) is 6.92 Å². The lowest BCUT2D eigenvalue weighted by Gasteiger charge is -2.30. The van der Waals surface area contributed by atoms with Crippen molar-refractivity contribution in [3.63, 3.8) is 0 Å². The molecule has 0 heterocycles. The number of carbonyl (C=O) groups is 1. The molecule has 0 amide bonds. The van der Waals surface area contributed by atoms with Crippen LogP contribution in [0.25, 0.3) is 0 Å². The number of aliphatic carboxylic acids is 1. The van der Waals surface area contributed by atoms with Gasteiger partial charge in [-0.3, -0.25) is 4.79 Å². The third kappa shape index (κ3) is 2.57. The summed E-state index contributed by atoms with van der Waals surface area (Å²) in [5, 5.41) is 18.7. The molecule has 3 nitrogen and oxygen atoms in total. The average Bonchev–Trinajstić information content (AvgIpc) is 2.56. The van der Waals surface area contributed by atoms with Crippen LogP contribution in [-0.2, 0) is 4.79 Å². The lowest BCUT2D eigenvalue weighted by Crippen LogP contribution is -2.29. The Morgan fingerprint density at radius 1 is 1.25 bits per heavy atom. The number of carboxylic acid groups (broad SMARTS) is 1. The molecule has 2 aliphatic carbocycles. The fraction of sp³-hybridized carbons (Fsp3) is 0.923. The highest BCUT2D eigenvalue weighted by Gasteiger charge is 2.35. The van der Waals surface area contributed by atoms with Crippen LogP contribution in [0.5, 0.6) is 0 Å². The summed E-state index contributed by atoms with van der Waals surface area (Å²) in [5.41, 5.74) is 0. The molecular weight excluding hydrogens is 204 g/mol. The standard InChI is InChI=1S/C13H22O3/c1-8(13(15)16)12(14)7-11-5-9-2-3-10(4-9)6-11/h8-12,14H,2-7H2,1H3,(H,15,16)/t8-,9-,10+,11+,12-/m1/s1. The first kappa shape index (κ1) is 11.9. The van der Waals surface area contributed by atoms with Gasteiger partial charge >= 0.3 is 5.97 Å².